The second kappa shape index (κ2) is 4.37. The van der Waals surface area contributed by atoms with E-state index in [9.17, 15) is 4.79 Å². The maximum Gasteiger partial charge on any atom is 0.232 e. The average Bonchev–Trinajstić information content (AvgIpc) is 1.83. The van der Waals surface area contributed by atoms with E-state index >= 15 is 0 Å². The summed E-state index contributed by atoms with van der Waals surface area (Å²) in [4.78, 5) is 9.74. The largest absolute Gasteiger partial charge is 0.501 e. The highest BCUT2D eigenvalue weighted by Gasteiger charge is 1.81. The summed E-state index contributed by atoms with van der Waals surface area (Å²) in [5.41, 5.74) is 0.492. The Morgan fingerprint density at radius 3 is 2.88 bits per heavy atom. The molecule has 0 aliphatic carbocycles. The van der Waals surface area contributed by atoms with Gasteiger partial charge >= 0.3 is 0 Å². The molecule has 0 atom stereocenters. The molecule has 0 aromatic rings. The minimum absolute atomic E-state index is 0.492. The summed E-state index contributed by atoms with van der Waals surface area (Å²) in [7, 11) is 0. The quantitative estimate of drug-likeness (QED) is 0.403. The lowest BCUT2D eigenvalue weighted by Gasteiger charge is -1.90. The molecule has 0 bridgehead atoms. The van der Waals surface area contributed by atoms with Gasteiger partial charge in [0.25, 0.3) is 0 Å². The second-order valence-electron chi connectivity index (χ2n) is 1.36. The number of allylic oxidation sites excluding steroid dienone is 1. The summed E-state index contributed by atoms with van der Waals surface area (Å²) in [5, 5.41) is 0. The van der Waals surface area contributed by atoms with Crippen LogP contribution >= 0.6 is 0 Å². The summed E-state index contributed by atoms with van der Waals surface area (Å²) in [5.74, 6) is 0. The van der Waals surface area contributed by atoms with Crippen LogP contribution < -0.4 is 0 Å². The van der Waals surface area contributed by atoms with Crippen LogP contribution in [0, 0.1) is 0 Å². The van der Waals surface area contributed by atoms with Gasteiger partial charge in [-0.1, -0.05) is 0 Å². The Balaban J connectivity index is 3.40. The molecule has 0 heterocycles. The first kappa shape index (κ1) is 7.21. The predicted molar refractivity (Wildman–Crippen MR) is 31.1 cm³/mol. The molecule has 0 N–H and O–H groups in total. The maximum atomic E-state index is 9.74. The third-order valence-electron chi connectivity index (χ3n) is 0.588. The lowest BCUT2D eigenvalue weighted by Crippen LogP contribution is -1.81. The molecule has 1 radical (unpaired) electrons. The van der Waals surface area contributed by atoms with E-state index in [0.717, 1.165) is 0 Å². The smallest absolute Gasteiger partial charge is 0.232 e. The van der Waals surface area contributed by atoms with Gasteiger partial charge in [-0.15, -0.1) is 0 Å². The van der Waals surface area contributed by atoms with E-state index in [2.05, 4.69) is 0 Å². The molecule has 0 rings (SSSR count). The molecule has 45 valence electrons. The molecule has 0 saturated heterocycles. The van der Waals surface area contributed by atoms with Crippen molar-refractivity contribution in [2.45, 2.75) is 13.8 Å². The lowest BCUT2D eigenvalue weighted by molar-refractivity contribution is 0.267. The van der Waals surface area contributed by atoms with Crippen LogP contribution in [0.5, 0.6) is 0 Å². The number of carbonyl (C=O) groups excluding carboxylic acids is 1. The van der Waals surface area contributed by atoms with Crippen LogP contribution in [0.15, 0.2) is 11.8 Å². The first-order valence-electron chi connectivity index (χ1n) is 2.47. The number of hydrogen-bond donors (Lipinski definition) is 0. The molecule has 8 heavy (non-hydrogen) atoms. The van der Waals surface area contributed by atoms with Crippen molar-refractivity contribution in [3.63, 3.8) is 0 Å². The van der Waals surface area contributed by atoms with E-state index in [0.29, 0.717) is 12.2 Å². The fraction of sp³-hybridized carbons (Fsp3) is 0.500. The SMILES string of the molecule is CCOC=C(C)[C]=O. The Morgan fingerprint density at radius 1 is 1.88 bits per heavy atom. The molecular formula is C6H9O2. The lowest BCUT2D eigenvalue weighted by atomic mass is 10.4. The van der Waals surface area contributed by atoms with Gasteiger partial charge in [-0.05, 0) is 13.8 Å². The van der Waals surface area contributed by atoms with Crippen molar-refractivity contribution in [1.82, 2.24) is 0 Å². The van der Waals surface area contributed by atoms with Crippen molar-refractivity contribution in [3.8, 4) is 0 Å². The topological polar surface area (TPSA) is 26.3 Å². The van der Waals surface area contributed by atoms with Gasteiger partial charge in [0, 0.05) is 5.57 Å². The van der Waals surface area contributed by atoms with Gasteiger partial charge in [0.15, 0.2) is 0 Å². The van der Waals surface area contributed by atoms with E-state index in [1.54, 1.807) is 13.2 Å². The predicted octanol–water partition coefficient (Wildman–Crippen LogP) is 1.04. The van der Waals surface area contributed by atoms with Gasteiger partial charge < -0.3 is 4.74 Å². The van der Waals surface area contributed by atoms with Crippen LogP contribution in [0.25, 0.3) is 0 Å². The Hall–Kier alpha value is -0.790. The van der Waals surface area contributed by atoms with Crippen molar-refractivity contribution in [2.75, 3.05) is 6.61 Å². The van der Waals surface area contributed by atoms with Crippen molar-refractivity contribution >= 4 is 6.29 Å². The van der Waals surface area contributed by atoms with Crippen molar-refractivity contribution in [1.29, 1.82) is 0 Å². The molecule has 0 aliphatic heterocycles. The fourth-order valence-electron chi connectivity index (χ4n) is 0.232. The van der Waals surface area contributed by atoms with Gasteiger partial charge in [0.05, 0.1) is 12.9 Å². The summed E-state index contributed by atoms with van der Waals surface area (Å²) in [6.45, 7) is 4.09. The van der Waals surface area contributed by atoms with E-state index in [1.165, 1.54) is 6.26 Å². The van der Waals surface area contributed by atoms with Crippen molar-refractivity contribution < 1.29 is 9.53 Å². The average molecular weight is 113 g/mol. The molecule has 0 unspecified atom stereocenters. The third-order valence-corrected chi connectivity index (χ3v) is 0.588. The van der Waals surface area contributed by atoms with Crippen LogP contribution in [0.2, 0.25) is 0 Å². The minimum atomic E-state index is 0.492. The molecule has 0 aromatic carbocycles. The third kappa shape index (κ3) is 3.40. The van der Waals surface area contributed by atoms with E-state index in [-0.39, 0.29) is 0 Å². The first-order valence-corrected chi connectivity index (χ1v) is 2.47. The summed E-state index contributed by atoms with van der Waals surface area (Å²) < 4.78 is 4.76. The highest BCUT2D eigenvalue weighted by Crippen LogP contribution is 1.85. The zero-order chi connectivity index (χ0) is 6.41. The summed E-state index contributed by atoms with van der Waals surface area (Å²) >= 11 is 0. The molecule has 2 nitrogen and oxygen atoms in total. The Morgan fingerprint density at radius 2 is 2.50 bits per heavy atom. The summed E-state index contributed by atoms with van der Waals surface area (Å²) in [6, 6.07) is 0. The monoisotopic (exact) mass is 113 g/mol. The Labute approximate surface area is 49.1 Å². The number of hydrogen-bond acceptors (Lipinski definition) is 2. The maximum absolute atomic E-state index is 9.74. The van der Waals surface area contributed by atoms with Crippen molar-refractivity contribution in [2.24, 2.45) is 0 Å². The molecule has 0 saturated carbocycles. The van der Waals surface area contributed by atoms with Gasteiger partial charge in [0.1, 0.15) is 0 Å². The van der Waals surface area contributed by atoms with Crippen LogP contribution in [0.1, 0.15) is 13.8 Å². The standard InChI is InChI=1S/C6H9O2/c1-3-8-5-6(2)4-7/h5H,3H2,1-2H3. The minimum Gasteiger partial charge on any atom is -0.501 e. The molecule has 0 fully saturated rings. The van der Waals surface area contributed by atoms with Gasteiger partial charge in [0.2, 0.25) is 6.29 Å². The van der Waals surface area contributed by atoms with Crippen LogP contribution in [-0.4, -0.2) is 12.9 Å². The van der Waals surface area contributed by atoms with E-state index in [4.69, 9.17) is 4.74 Å². The van der Waals surface area contributed by atoms with Crippen LogP contribution in [0.3, 0.4) is 0 Å². The zero-order valence-corrected chi connectivity index (χ0v) is 5.10. The normalized spacial score (nSPS) is 11.0. The van der Waals surface area contributed by atoms with E-state index in [1.807, 2.05) is 6.92 Å². The molecular weight excluding hydrogens is 104 g/mol. The summed E-state index contributed by atoms with van der Waals surface area (Å²) in [6.07, 6.45) is 3.08. The van der Waals surface area contributed by atoms with Crippen LogP contribution in [-0.2, 0) is 9.53 Å². The molecule has 0 aliphatic rings. The van der Waals surface area contributed by atoms with Gasteiger partial charge in [-0.2, -0.15) is 0 Å². The van der Waals surface area contributed by atoms with Crippen molar-refractivity contribution in [3.05, 3.63) is 11.8 Å². The first-order chi connectivity index (χ1) is 3.81. The fourth-order valence-corrected chi connectivity index (χ4v) is 0.232. The second-order valence-corrected chi connectivity index (χ2v) is 1.36. The van der Waals surface area contributed by atoms with E-state index < -0.39 is 0 Å². The highest BCUT2D eigenvalue weighted by atomic mass is 16.5. The van der Waals surface area contributed by atoms with Crippen LogP contribution in [0.4, 0.5) is 0 Å². The van der Waals surface area contributed by atoms with Gasteiger partial charge in [-0.25, -0.2) is 0 Å². The molecule has 0 spiro atoms. The Kier molecular flexibility index (Phi) is 3.94. The molecule has 0 aromatic heterocycles. The molecule has 0 amide bonds. The number of rotatable bonds is 3. The highest BCUT2D eigenvalue weighted by molar-refractivity contribution is 5.72. The number of ether oxygens (including phenoxy) is 1. The molecule has 2 heteroatoms. The van der Waals surface area contributed by atoms with Gasteiger partial charge in [-0.3, -0.25) is 4.79 Å². The Bertz CT molecular complexity index is 94.7. The zero-order valence-electron chi connectivity index (χ0n) is 5.10.